The Morgan fingerprint density at radius 3 is 2.40 bits per heavy atom. The molecule has 0 aromatic heterocycles. The Labute approximate surface area is 84.7 Å². The lowest BCUT2D eigenvalue weighted by Crippen LogP contribution is -1.98. The second-order valence-corrected chi connectivity index (χ2v) is 2.62. The Morgan fingerprint density at radius 2 is 1.93 bits per heavy atom. The summed E-state index contributed by atoms with van der Waals surface area (Å²) >= 11 is 0. The number of aliphatic hydroxyl groups excluding tert-OH is 1. The van der Waals surface area contributed by atoms with Crippen LogP contribution in [0.4, 0.5) is 5.69 Å². The summed E-state index contributed by atoms with van der Waals surface area (Å²) in [5, 5.41) is 20.7. The third kappa shape index (κ3) is 3.06. The van der Waals surface area contributed by atoms with E-state index in [-0.39, 0.29) is 0 Å². The maximum Gasteiger partial charge on any atom is 0.370 e. The third-order valence-electron chi connectivity index (χ3n) is 1.58. The lowest BCUT2D eigenvalue weighted by Gasteiger charge is -1.95. The number of aliphatic hydroxyl groups is 1. The highest BCUT2D eigenvalue weighted by Crippen LogP contribution is 2.14. The summed E-state index contributed by atoms with van der Waals surface area (Å²) in [6.07, 6.45) is 1.10. The normalized spacial score (nSPS) is 10.5. The standard InChI is InChI=1S/C9H7N3O3/c10-12-11-7-3-1-6(2-4-7)5-8(13)9(14)15/h1-5,13H,(H,14,15)/b8-5+. The lowest BCUT2D eigenvalue weighted by atomic mass is 10.2. The smallest absolute Gasteiger partial charge is 0.370 e. The molecule has 0 saturated carbocycles. The molecule has 0 unspecified atom stereocenters. The number of benzene rings is 1. The minimum atomic E-state index is -1.39. The molecule has 0 radical (unpaired) electrons. The molecule has 2 N–H and O–H groups in total. The summed E-state index contributed by atoms with van der Waals surface area (Å²) in [7, 11) is 0. The zero-order valence-corrected chi connectivity index (χ0v) is 7.53. The van der Waals surface area contributed by atoms with Crippen molar-refractivity contribution in [2.75, 3.05) is 0 Å². The molecule has 0 heterocycles. The van der Waals surface area contributed by atoms with Crippen LogP contribution in [0.25, 0.3) is 16.5 Å². The highest BCUT2D eigenvalue weighted by atomic mass is 16.4. The summed E-state index contributed by atoms with van der Waals surface area (Å²) in [4.78, 5) is 12.9. The van der Waals surface area contributed by atoms with Crippen molar-refractivity contribution < 1.29 is 15.0 Å². The zero-order chi connectivity index (χ0) is 11.3. The Kier molecular flexibility index (Phi) is 3.32. The fourth-order valence-corrected chi connectivity index (χ4v) is 0.908. The molecule has 0 bridgehead atoms. The average Bonchev–Trinajstić information content (AvgIpc) is 2.21. The Balaban J connectivity index is 2.94. The van der Waals surface area contributed by atoms with Gasteiger partial charge in [0.05, 0.1) is 0 Å². The van der Waals surface area contributed by atoms with E-state index >= 15 is 0 Å². The van der Waals surface area contributed by atoms with E-state index in [2.05, 4.69) is 10.0 Å². The number of hydrogen-bond donors (Lipinski definition) is 2. The van der Waals surface area contributed by atoms with E-state index in [1.807, 2.05) is 0 Å². The molecule has 0 saturated heterocycles. The van der Waals surface area contributed by atoms with Crippen molar-refractivity contribution >= 4 is 17.7 Å². The molecule has 6 heteroatoms. The molecule has 6 nitrogen and oxygen atoms in total. The third-order valence-corrected chi connectivity index (χ3v) is 1.58. The van der Waals surface area contributed by atoms with Gasteiger partial charge < -0.3 is 10.2 Å². The van der Waals surface area contributed by atoms with Crippen LogP contribution in [-0.2, 0) is 4.79 Å². The second-order valence-electron chi connectivity index (χ2n) is 2.62. The predicted molar refractivity (Wildman–Crippen MR) is 53.5 cm³/mol. The van der Waals surface area contributed by atoms with Gasteiger partial charge in [-0.05, 0) is 17.2 Å². The molecule has 0 amide bonds. The van der Waals surface area contributed by atoms with Crippen LogP contribution < -0.4 is 0 Å². The van der Waals surface area contributed by atoms with E-state index in [1.165, 1.54) is 24.3 Å². The first-order chi connectivity index (χ1) is 7.13. The van der Waals surface area contributed by atoms with Crippen LogP contribution in [0.3, 0.4) is 0 Å². The van der Waals surface area contributed by atoms with Crippen LogP contribution >= 0.6 is 0 Å². The van der Waals surface area contributed by atoms with E-state index in [1.54, 1.807) is 0 Å². The van der Waals surface area contributed by atoms with Crippen molar-refractivity contribution in [2.24, 2.45) is 5.11 Å². The fraction of sp³-hybridized carbons (Fsp3) is 0. The van der Waals surface area contributed by atoms with Gasteiger partial charge in [0.2, 0.25) is 5.76 Å². The molecule has 15 heavy (non-hydrogen) atoms. The van der Waals surface area contributed by atoms with E-state index < -0.39 is 11.7 Å². The van der Waals surface area contributed by atoms with Gasteiger partial charge in [0.15, 0.2) is 0 Å². The van der Waals surface area contributed by atoms with Crippen LogP contribution in [0.2, 0.25) is 0 Å². The van der Waals surface area contributed by atoms with Gasteiger partial charge in [-0.3, -0.25) is 0 Å². The van der Waals surface area contributed by atoms with Gasteiger partial charge in [0.1, 0.15) is 0 Å². The van der Waals surface area contributed by atoms with Gasteiger partial charge in [-0.1, -0.05) is 29.4 Å². The Hall–Kier alpha value is -2.46. The molecule has 0 spiro atoms. The maximum absolute atomic E-state index is 10.3. The highest BCUT2D eigenvalue weighted by Gasteiger charge is 2.02. The first-order valence-corrected chi connectivity index (χ1v) is 3.92. The number of aliphatic carboxylic acids is 1. The molecule has 0 aliphatic carbocycles. The molecule has 0 aliphatic heterocycles. The second kappa shape index (κ2) is 4.69. The molecule has 0 atom stereocenters. The SMILES string of the molecule is [N-]=[N+]=Nc1ccc(/C=C(/O)C(=O)O)cc1. The van der Waals surface area contributed by atoms with Crippen molar-refractivity contribution in [1.29, 1.82) is 0 Å². The van der Waals surface area contributed by atoms with Crippen LogP contribution in [0.1, 0.15) is 5.56 Å². The molecule has 76 valence electrons. The minimum absolute atomic E-state index is 0.421. The monoisotopic (exact) mass is 205 g/mol. The Bertz CT molecular complexity index is 444. The quantitative estimate of drug-likeness (QED) is 0.260. The van der Waals surface area contributed by atoms with Gasteiger partial charge in [0.25, 0.3) is 0 Å². The number of carbonyl (C=O) groups is 1. The summed E-state index contributed by atoms with van der Waals surface area (Å²) in [6.45, 7) is 0. The topological polar surface area (TPSA) is 106 Å². The van der Waals surface area contributed by atoms with Gasteiger partial charge in [-0.25, -0.2) is 4.79 Å². The minimum Gasteiger partial charge on any atom is -0.502 e. The summed E-state index contributed by atoms with van der Waals surface area (Å²) in [5.74, 6) is -2.14. The molecule has 1 rings (SSSR count). The molecule has 1 aromatic rings. The van der Waals surface area contributed by atoms with Crippen molar-refractivity contribution in [3.8, 4) is 0 Å². The molecule has 0 fully saturated rings. The van der Waals surface area contributed by atoms with Gasteiger partial charge >= 0.3 is 5.97 Å². The fourth-order valence-electron chi connectivity index (χ4n) is 0.908. The molecular weight excluding hydrogens is 198 g/mol. The summed E-state index contributed by atoms with van der Waals surface area (Å²) in [6, 6.07) is 6.09. The molecular formula is C9H7N3O3. The highest BCUT2D eigenvalue weighted by molar-refractivity contribution is 5.89. The summed E-state index contributed by atoms with van der Waals surface area (Å²) < 4.78 is 0. The largest absolute Gasteiger partial charge is 0.502 e. The van der Waals surface area contributed by atoms with Gasteiger partial charge in [-0.2, -0.15) is 0 Å². The predicted octanol–water partition coefficient (Wildman–Crippen LogP) is 2.61. The number of carboxylic acid groups (broad SMARTS) is 1. The van der Waals surface area contributed by atoms with E-state index in [0.717, 1.165) is 6.08 Å². The van der Waals surface area contributed by atoms with Crippen LogP contribution in [0, 0.1) is 0 Å². The summed E-state index contributed by atoms with van der Waals surface area (Å²) in [5.41, 5.74) is 9.06. The maximum atomic E-state index is 10.3. The number of nitrogens with zero attached hydrogens (tertiary/aromatic N) is 3. The zero-order valence-electron chi connectivity index (χ0n) is 7.53. The first-order valence-electron chi connectivity index (χ1n) is 3.92. The van der Waals surface area contributed by atoms with Crippen molar-refractivity contribution in [1.82, 2.24) is 0 Å². The number of rotatable bonds is 3. The number of azide groups is 1. The van der Waals surface area contributed by atoms with Crippen LogP contribution in [0.5, 0.6) is 0 Å². The van der Waals surface area contributed by atoms with E-state index in [0.29, 0.717) is 11.3 Å². The Morgan fingerprint density at radius 1 is 1.33 bits per heavy atom. The van der Waals surface area contributed by atoms with E-state index in [9.17, 15) is 4.79 Å². The average molecular weight is 205 g/mol. The molecule has 1 aromatic carbocycles. The number of hydrogen-bond acceptors (Lipinski definition) is 3. The van der Waals surface area contributed by atoms with Crippen molar-refractivity contribution in [2.45, 2.75) is 0 Å². The van der Waals surface area contributed by atoms with Crippen molar-refractivity contribution in [3.05, 3.63) is 46.0 Å². The van der Waals surface area contributed by atoms with Crippen LogP contribution in [-0.4, -0.2) is 16.2 Å². The number of carboxylic acids is 1. The first kappa shape index (κ1) is 10.6. The lowest BCUT2D eigenvalue weighted by molar-refractivity contribution is -0.135. The van der Waals surface area contributed by atoms with Crippen molar-refractivity contribution in [3.63, 3.8) is 0 Å². The van der Waals surface area contributed by atoms with Gasteiger partial charge in [-0.15, -0.1) is 0 Å². The van der Waals surface area contributed by atoms with E-state index in [4.69, 9.17) is 15.7 Å². The van der Waals surface area contributed by atoms with Gasteiger partial charge in [0, 0.05) is 10.6 Å². The van der Waals surface area contributed by atoms with Crippen LogP contribution in [0.15, 0.2) is 35.1 Å². The molecule has 0 aliphatic rings.